The fraction of sp³-hybridized carbons (Fsp3) is 0.462. The van der Waals surface area contributed by atoms with Crippen molar-refractivity contribution in [2.45, 2.75) is 32.8 Å². The highest BCUT2D eigenvalue weighted by atomic mass is 16.4. The van der Waals surface area contributed by atoms with Crippen LogP contribution in [0.5, 0.6) is 0 Å². The Labute approximate surface area is 94.7 Å². The van der Waals surface area contributed by atoms with Gasteiger partial charge < -0.3 is 10.2 Å². The Balaban J connectivity index is 2.38. The molecule has 0 bridgehead atoms. The van der Waals surface area contributed by atoms with Crippen molar-refractivity contribution in [2.75, 3.05) is 0 Å². The molecule has 1 aliphatic carbocycles. The molecule has 0 amide bonds. The van der Waals surface area contributed by atoms with Gasteiger partial charge in [0.1, 0.15) is 0 Å². The fourth-order valence-electron chi connectivity index (χ4n) is 2.09. The number of carbonyl (C=O) groups is 1. The summed E-state index contributed by atoms with van der Waals surface area (Å²) in [5.74, 6) is -0.888. The van der Waals surface area contributed by atoms with E-state index in [0.717, 1.165) is 16.7 Å². The van der Waals surface area contributed by atoms with Gasteiger partial charge in [0.05, 0.1) is 11.5 Å². The van der Waals surface area contributed by atoms with Gasteiger partial charge in [-0.15, -0.1) is 0 Å². The molecule has 16 heavy (non-hydrogen) atoms. The zero-order chi connectivity index (χ0) is 11.9. The number of aliphatic hydroxyl groups is 1. The quantitative estimate of drug-likeness (QED) is 0.821. The number of carboxylic acids is 1. The van der Waals surface area contributed by atoms with Crippen LogP contribution in [0.15, 0.2) is 18.2 Å². The number of aliphatic hydroxyl groups excluding tert-OH is 1. The minimum atomic E-state index is -0.932. The molecule has 1 unspecified atom stereocenters. The van der Waals surface area contributed by atoms with Crippen molar-refractivity contribution in [1.82, 2.24) is 0 Å². The molecule has 1 atom stereocenters. The first-order chi connectivity index (χ1) is 7.47. The summed E-state index contributed by atoms with van der Waals surface area (Å²) in [5, 5.41) is 19.3. The van der Waals surface area contributed by atoms with Gasteiger partial charge in [0.2, 0.25) is 0 Å². The Morgan fingerprint density at radius 3 is 2.50 bits per heavy atom. The monoisotopic (exact) mass is 220 g/mol. The van der Waals surface area contributed by atoms with Gasteiger partial charge >= 0.3 is 5.97 Å². The summed E-state index contributed by atoms with van der Waals surface area (Å²) in [6.45, 7) is 3.84. The fourth-order valence-corrected chi connectivity index (χ4v) is 2.09. The van der Waals surface area contributed by atoms with E-state index in [1.54, 1.807) is 0 Å². The Bertz CT molecular complexity index is 433. The molecule has 3 heteroatoms. The average Bonchev–Trinajstić information content (AvgIpc) is 3.01. The molecule has 0 heterocycles. The normalized spacial score (nSPS) is 19.2. The first kappa shape index (κ1) is 11.1. The largest absolute Gasteiger partial charge is 0.481 e. The lowest BCUT2D eigenvalue weighted by atomic mass is 9.89. The third-order valence-corrected chi connectivity index (χ3v) is 3.47. The molecule has 0 spiro atoms. The van der Waals surface area contributed by atoms with Crippen molar-refractivity contribution < 1.29 is 15.0 Å². The average molecular weight is 220 g/mol. The summed E-state index contributed by atoms with van der Waals surface area (Å²) in [4.78, 5) is 11.1. The minimum absolute atomic E-state index is 0.566. The van der Waals surface area contributed by atoms with E-state index in [2.05, 4.69) is 0 Å². The van der Waals surface area contributed by atoms with Gasteiger partial charge in [0, 0.05) is 0 Å². The molecule has 3 nitrogen and oxygen atoms in total. The molecule has 86 valence electrons. The third-order valence-electron chi connectivity index (χ3n) is 3.47. The number of aryl methyl sites for hydroxylation is 2. The van der Waals surface area contributed by atoms with Crippen LogP contribution in [0.1, 0.15) is 35.6 Å². The zero-order valence-electron chi connectivity index (χ0n) is 9.53. The van der Waals surface area contributed by atoms with Crippen molar-refractivity contribution in [1.29, 1.82) is 0 Å². The Morgan fingerprint density at radius 2 is 2.00 bits per heavy atom. The van der Waals surface area contributed by atoms with Gasteiger partial charge in [-0.3, -0.25) is 4.79 Å². The van der Waals surface area contributed by atoms with E-state index in [1.807, 2.05) is 32.0 Å². The maximum atomic E-state index is 11.1. The number of hydrogen-bond acceptors (Lipinski definition) is 2. The summed E-state index contributed by atoms with van der Waals surface area (Å²) >= 11 is 0. The van der Waals surface area contributed by atoms with Gasteiger partial charge in [-0.25, -0.2) is 0 Å². The zero-order valence-corrected chi connectivity index (χ0v) is 9.53. The summed E-state index contributed by atoms with van der Waals surface area (Å²) in [6, 6.07) is 5.76. The molecule has 0 saturated heterocycles. The van der Waals surface area contributed by atoms with Crippen molar-refractivity contribution in [3.05, 3.63) is 34.9 Å². The van der Waals surface area contributed by atoms with Crippen LogP contribution in [0, 0.1) is 19.3 Å². The van der Waals surface area contributed by atoms with E-state index >= 15 is 0 Å². The van der Waals surface area contributed by atoms with Crippen molar-refractivity contribution in [3.63, 3.8) is 0 Å². The predicted molar refractivity (Wildman–Crippen MR) is 60.2 cm³/mol. The van der Waals surface area contributed by atoms with Crippen LogP contribution >= 0.6 is 0 Å². The van der Waals surface area contributed by atoms with Crippen molar-refractivity contribution >= 4 is 5.97 Å². The lowest BCUT2D eigenvalue weighted by molar-refractivity contribution is -0.148. The van der Waals surface area contributed by atoms with E-state index < -0.39 is 17.5 Å². The van der Waals surface area contributed by atoms with Crippen LogP contribution in [0.3, 0.4) is 0 Å². The first-order valence-electron chi connectivity index (χ1n) is 5.46. The van der Waals surface area contributed by atoms with Gasteiger partial charge in [0.15, 0.2) is 0 Å². The molecule has 1 fully saturated rings. The predicted octanol–water partition coefficient (Wildman–Crippen LogP) is 2.20. The van der Waals surface area contributed by atoms with Crippen LogP contribution in [-0.4, -0.2) is 16.2 Å². The third kappa shape index (κ3) is 1.61. The van der Waals surface area contributed by atoms with E-state index in [1.165, 1.54) is 0 Å². The molecule has 2 rings (SSSR count). The summed E-state index contributed by atoms with van der Waals surface area (Å²) < 4.78 is 0. The lowest BCUT2D eigenvalue weighted by Gasteiger charge is -2.20. The van der Waals surface area contributed by atoms with Gasteiger partial charge in [-0.2, -0.15) is 0 Å². The number of rotatable bonds is 3. The van der Waals surface area contributed by atoms with Crippen molar-refractivity contribution in [2.24, 2.45) is 5.41 Å². The van der Waals surface area contributed by atoms with Gasteiger partial charge in [0.25, 0.3) is 0 Å². The molecule has 1 saturated carbocycles. The van der Waals surface area contributed by atoms with Crippen LogP contribution < -0.4 is 0 Å². The Kier molecular flexibility index (Phi) is 2.50. The highest BCUT2D eigenvalue weighted by molar-refractivity contribution is 5.79. The second kappa shape index (κ2) is 3.59. The summed E-state index contributed by atoms with van der Waals surface area (Å²) in [7, 11) is 0. The standard InChI is InChI=1S/C13H16O3/c1-8-3-4-9(2)10(7-8)11(14)13(5-6-13)12(15)16/h3-4,7,11,14H,5-6H2,1-2H3,(H,15,16). The van der Waals surface area contributed by atoms with E-state index in [-0.39, 0.29) is 0 Å². The van der Waals surface area contributed by atoms with E-state index in [0.29, 0.717) is 12.8 Å². The molecule has 0 aliphatic heterocycles. The van der Waals surface area contributed by atoms with Crippen LogP contribution in [0.4, 0.5) is 0 Å². The van der Waals surface area contributed by atoms with Gasteiger partial charge in [-0.05, 0) is 37.8 Å². The summed E-state index contributed by atoms with van der Waals surface area (Å²) in [5.41, 5.74) is 1.81. The summed E-state index contributed by atoms with van der Waals surface area (Å²) in [6.07, 6.45) is 0.248. The van der Waals surface area contributed by atoms with Crippen LogP contribution in [0.25, 0.3) is 0 Å². The Morgan fingerprint density at radius 1 is 1.38 bits per heavy atom. The van der Waals surface area contributed by atoms with E-state index in [4.69, 9.17) is 5.11 Å². The van der Waals surface area contributed by atoms with Gasteiger partial charge in [-0.1, -0.05) is 23.8 Å². The maximum absolute atomic E-state index is 11.1. The molecule has 1 aromatic rings. The molecule has 0 aromatic heterocycles. The lowest BCUT2D eigenvalue weighted by Crippen LogP contribution is -2.24. The number of hydrogen-bond donors (Lipinski definition) is 2. The molecule has 0 radical (unpaired) electrons. The second-order valence-corrected chi connectivity index (χ2v) is 4.72. The molecule has 1 aliphatic rings. The number of carboxylic acid groups (broad SMARTS) is 1. The van der Waals surface area contributed by atoms with E-state index in [9.17, 15) is 9.90 Å². The van der Waals surface area contributed by atoms with Crippen molar-refractivity contribution in [3.8, 4) is 0 Å². The highest BCUT2D eigenvalue weighted by Gasteiger charge is 2.56. The molecule has 1 aromatic carbocycles. The molecular formula is C13H16O3. The second-order valence-electron chi connectivity index (χ2n) is 4.72. The van der Waals surface area contributed by atoms with Crippen LogP contribution in [0.2, 0.25) is 0 Å². The Hall–Kier alpha value is -1.35. The molecule has 2 N–H and O–H groups in total. The minimum Gasteiger partial charge on any atom is -0.481 e. The van der Waals surface area contributed by atoms with Crippen LogP contribution in [-0.2, 0) is 4.79 Å². The first-order valence-corrected chi connectivity index (χ1v) is 5.46. The smallest absolute Gasteiger partial charge is 0.312 e. The molecular weight excluding hydrogens is 204 g/mol. The highest BCUT2D eigenvalue weighted by Crippen LogP contribution is 2.55. The number of benzene rings is 1. The SMILES string of the molecule is Cc1ccc(C)c(C(O)C2(C(=O)O)CC2)c1. The topological polar surface area (TPSA) is 57.5 Å². The number of aliphatic carboxylic acids is 1. The maximum Gasteiger partial charge on any atom is 0.312 e.